The second-order valence-electron chi connectivity index (χ2n) is 6.75. The van der Waals surface area contributed by atoms with Crippen molar-refractivity contribution in [1.29, 1.82) is 0 Å². The largest absolute Gasteiger partial charge is 0.466 e. The molecule has 0 amide bonds. The number of aryl methyl sites for hydroxylation is 1. The first-order valence-electron chi connectivity index (χ1n) is 8.95. The molecule has 3 rings (SSSR count). The summed E-state index contributed by atoms with van der Waals surface area (Å²) in [6.45, 7) is 4.56. The molecule has 0 spiro atoms. The molecule has 3 N–H and O–H groups in total. The zero-order valence-electron chi connectivity index (χ0n) is 16.1. The van der Waals surface area contributed by atoms with Crippen molar-refractivity contribution >= 4 is 35.6 Å². The Morgan fingerprint density at radius 1 is 1.04 bits per heavy atom. The van der Waals surface area contributed by atoms with Gasteiger partial charge in [-0.25, -0.2) is 4.99 Å². The monoisotopic (exact) mass is 491 g/mol. The van der Waals surface area contributed by atoms with Crippen molar-refractivity contribution in [2.75, 3.05) is 11.9 Å². The molecule has 0 aliphatic rings. The third-order valence-corrected chi connectivity index (χ3v) is 4.23. The van der Waals surface area contributed by atoms with Gasteiger partial charge in [-0.05, 0) is 43.7 Å². The van der Waals surface area contributed by atoms with Crippen LogP contribution in [-0.4, -0.2) is 17.6 Å². The molecule has 0 aliphatic heterocycles. The van der Waals surface area contributed by atoms with Gasteiger partial charge in [-0.15, -0.1) is 24.0 Å². The van der Waals surface area contributed by atoms with Crippen LogP contribution >= 0.6 is 24.0 Å². The van der Waals surface area contributed by atoms with Crippen LogP contribution in [0.25, 0.3) is 0 Å². The van der Waals surface area contributed by atoms with Gasteiger partial charge in [0.25, 0.3) is 0 Å². The van der Waals surface area contributed by atoms with Crippen molar-refractivity contribution in [3.05, 3.63) is 89.9 Å². The first kappa shape index (κ1) is 22.0. The van der Waals surface area contributed by atoms with Crippen LogP contribution in [0.4, 0.5) is 5.69 Å². The fourth-order valence-corrected chi connectivity index (χ4v) is 2.59. The molecule has 1 unspecified atom stereocenters. The Morgan fingerprint density at radius 3 is 2.39 bits per heavy atom. The number of para-hydroxylation sites is 1. The lowest BCUT2D eigenvalue weighted by atomic mass is 10.0. The number of guanidine groups is 1. The second kappa shape index (κ2) is 10.3. The number of aliphatic imine (C=N–C) groups is 1. The number of halogens is 1. The van der Waals surface area contributed by atoms with Crippen LogP contribution < -0.4 is 10.6 Å². The van der Waals surface area contributed by atoms with E-state index in [2.05, 4.69) is 46.8 Å². The molecule has 3 aromatic rings. The Bertz CT molecular complexity index is 861. The van der Waals surface area contributed by atoms with Crippen LogP contribution in [0.5, 0.6) is 0 Å². The number of aliphatic hydroxyl groups is 1. The highest BCUT2D eigenvalue weighted by atomic mass is 127. The molecule has 148 valence electrons. The molecule has 0 radical (unpaired) electrons. The Labute approximate surface area is 182 Å². The first-order valence-corrected chi connectivity index (χ1v) is 8.95. The van der Waals surface area contributed by atoms with E-state index in [0.29, 0.717) is 18.3 Å². The van der Waals surface area contributed by atoms with Gasteiger partial charge < -0.3 is 20.2 Å². The molecule has 6 heteroatoms. The highest BCUT2D eigenvalue weighted by Crippen LogP contribution is 2.20. The molecule has 0 saturated heterocycles. The van der Waals surface area contributed by atoms with Crippen LogP contribution in [-0.2, 0) is 12.1 Å². The number of hydrogen-bond donors (Lipinski definition) is 3. The predicted molar refractivity (Wildman–Crippen MR) is 124 cm³/mol. The molecule has 0 saturated carbocycles. The number of nitrogens with one attached hydrogen (secondary N) is 2. The van der Waals surface area contributed by atoms with Crippen LogP contribution in [0.15, 0.2) is 82.4 Å². The van der Waals surface area contributed by atoms with Gasteiger partial charge in [-0.1, -0.05) is 48.0 Å². The number of benzene rings is 2. The van der Waals surface area contributed by atoms with Gasteiger partial charge >= 0.3 is 0 Å². The lowest BCUT2D eigenvalue weighted by molar-refractivity contribution is 0.0388. The zero-order valence-corrected chi connectivity index (χ0v) is 18.4. The molecule has 1 atom stereocenters. The fourth-order valence-electron chi connectivity index (χ4n) is 2.59. The Balaban J connectivity index is 0.00000280. The molecule has 0 aliphatic carbocycles. The van der Waals surface area contributed by atoms with Gasteiger partial charge in [-0.3, -0.25) is 0 Å². The topological polar surface area (TPSA) is 69.8 Å². The number of nitrogens with zero attached hydrogens (tertiary/aromatic N) is 1. The summed E-state index contributed by atoms with van der Waals surface area (Å²) < 4.78 is 5.34. The molecular formula is C22H26IN3O2. The molecule has 1 heterocycles. The van der Waals surface area contributed by atoms with Gasteiger partial charge in [0.2, 0.25) is 0 Å². The summed E-state index contributed by atoms with van der Waals surface area (Å²) in [6, 6.07) is 21.6. The van der Waals surface area contributed by atoms with Crippen molar-refractivity contribution < 1.29 is 9.52 Å². The standard InChI is InChI=1S/C22H25N3O2.HI/c1-17-10-12-18(13-11-17)15-23-21(25-19-7-4-3-5-8-19)24-16-22(2,26)20-9-6-14-27-20;/h3-14,26H,15-16H2,1-2H3,(H2,23,24,25);1H. The van der Waals surface area contributed by atoms with Crippen LogP contribution in [0, 0.1) is 6.92 Å². The van der Waals surface area contributed by atoms with E-state index in [-0.39, 0.29) is 30.5 Å². The highest BCUT2D eigenvalue weighted by molar-refractivity contribution is 14.0. The summed E-state index contributed by atoms with van der Waals surface area (Å²) in [7, 11) is 0. The Morgan fingerprint density at radius 2 is 1.75 bits per heavy atom. The molecule has 0 bridgehead atoms. The van der Waals surface area contributed by atoms with Crippen LogP contribution in [0.1, 0.15) is 23.8 Å². The predicted octanol–water partition coefficient (Wildman–Crippen LogP) is 4.67. The van der Waals surface area contributed by atoms with E-state index in [1.54, 1.807) is 25.3 Å². The van der Waals surface area contributed by atoms with Gasteiger partial charge in [0.15, 0.2) is 5.96 Å². The summed E-state index contributed by atoms with van der Waals surface area (Å²) in [5.74, 6) is 1.10. The molecule has 0 fully saturated rings. The summed E-state index contributed by atoms with van der Waals surface area (Å²) in [4.78, 5) is 4.66. The maximum atomic E-state index is 10.7. The van der Waals surface area contributed by atoms with E-state index < -0.39 is 5.60 Å². The minimum Gasteiger partial charge on any atom is -0.466 e. The SMILES string of the molecule is Cc1ccc(CN=C(NCC(C)(O)c2ccco2)Nc2ccccc2)cc1.I. The Kier molecular flexibility index (Phi) is 8.07. The van der Waals surface area contributed by atoms with Crippen molar-refractivity contribution in [1.82, 2.24) is 5.32 Å². The van der Waals surface area contributed by atoms with E-state index >= 15 is 0 Å². The van der Waals surface area contributed by atoms with E-state index in [4.69, 9.17) is 4.42 Å². The van der Waals surface area contributed by atoms with Gasteiger partial charge in [-0.2, -0.15) is 0 Å². The molecular weight excluding hydrogens is 465 g/mol. The normalized spacial score (nSPS) is 13.3. The molecule has 1 aromatic heterocycles. The van der Waals surface area contributed by atoms with Crippen molar-refractivity contribution in [3.63, 3.8) is 0 Å². The maximum Gasteiger partial charge on any atom is 0.196 e. The van der Waals surface area contributed by atoms with E-state index in [9.17, 15) is 5.11 Å². The van der Waals surface area contributed by atoms with E-state index in [1.165, 1.54) is 5.56 Å². The van der Waals surface area contributed by atoms with Gasteiger partial charge in [0.1, 0.15) is 11.4 Å². The van der Waals surface area contributed by atoms with E-state index in [0.717, 1.165) is 11.3 Å². The first-order chi connectivity index (χ1) is 13.0. The summed E-state index contributed by atoms with van der Waals surface area (Å²) in [6.07, 6.45) is 1.55. The van der Waals surface area contributed by atoms with Gasteiger partial charge in [0.05, 0.1) is 19.4 Å². The number of hydrogen-bond acceptors (Lipinski definition) is 3. The summed E-state index contributed by atoms with van der Waals surface area (Å²) in [5.41, 5.74) is 2.11. The Hall–Kier alpha value is -2.32. The summed E-state index contributed by atoms with van der Waals surface area (Å²) in [5, 5.41) is 17.1. The third kappa shape index (κ3) is 6.38. The third-order valence-electron chi connectivity index (χ3n) is 4.23. The van der Waals surface area contributed by atoms with Crippen molar-refractivity contribution in [3.8, 4) is 0 Å². The van der Waals surface area contributed by atoms with Crippen LogP contribution in [0.3, 0.4) is 0 Å². The average Bonchev–Trinajstić information content (AvgIpc) is 3.22. The van der Waals surface area contributed by atoms with Crippen molar-refractivity contribution in [2.45, 2.75) is 26.0 Å². The minimum absolute atomic E-state index is 0. The lowest BCUT2D eigenvalue weighted by Crippen LogP contribution is -2.41. The van der Waals surface area contributed by atoms with E-state index in [1.807, 2.05) is 30.3 Å². The zero-order chi connectivity index (χ0) is 19.1. The molecule has 28 heavy (non-hydrogen) atoms. The quantitative estimate of drug-likeness (QED) is 0.266. The lowest BCUT2D eigenvalue weighted by Gasteiger charge is -2.23. The fraction of sp³-hybridized carbons (Fsp3) is 0.227. The molecule has 2 aromatic carbocycles. The highest BCUT2D eigenvalue weighted by Gasteiger charge is 2.26. The minimum atomic E-state index is -1.15. The van der Waals surface area contributed by atoms with Gasteiger partial charge in [0, 0.05) is 5.69 Å². The summed E-state index contributed by atoms with van der Waals surface area (Å²) >= 11 is 0. The number of rotatable bonds is 6. The average molecular weight is 491 g/mol. The molecule has 5 nitrogen and oxygen atoms in total. The number of anilines is 1. The van der Waals surface area contributed by atoms with Crippen molar-refractivity contribution in [2.24, 2.45) is 4.99 Å². The second-order valence-corrected chi connectivity index (χ2v) is 6.75. The van der Waals surface area contributed by atoms with Crippen LogP contribution in [0.2, 0.25) is 0 Å². The maximum absolute atomic E-state index is 10.7. The number of furan rings is 1. The smallest absolute Gasteiger partial charge is 0.196 e.